The Morgan fingerprint density at radius 3 is 2.25 bits per heavy atom. The molecule has 56 heavy (non-hydrogen) atoms. The Labute approximate surface area is 332 Å². The van der Waals surface area contributed by atoms with Gasteiger partial charge in [0.1, 0.15) is 0 Å². The van der Waals surface area contributed by atoms with Gasteiger partial charge < -0.3 is 24.3 Å². The maximum atomic E-state index is 15.6. The van der Waals surface area contributed by atoms with Crippen LogP contribution in [0.15, 0.2) is 52.7 Å². The van der Waals surface area contributed by atoms with Gasteiger partial charge in [0.05, 0.1) is 29.9 Å². The van der Waals surface area contributed by atoms with E-state index in [2.05, 4.69) is 26.0 Å². The zero-order valence-electron chi connectivity index (χ0n) is 34.3. The number of ketones is 1. The van der Waals surface area contributed by atoms with Gasteiger partial charge in [0, 0.05) is 22.9 Å². The summed E-state index contributed by atoms with van der Waals surface area (Å²) >= 11 is 0. The zero-order valence-corrected chi connectivity index (χ0v) is 34.3. The molecule has 2 heterocycles. The molecule has 2 N–H and O–H groups in total. The SMILES string of the molecule is CC1=CCCC2(C)C(CCC2(O)CN(CC23CC4CC(CC(C4)C2)C3)C(=O)C23CCC(C)(C(=O)O2)C3(C)C)c2ccc(cc2C(=O)c2ccco2)CC(O)CC1. The molecule has 9 aliphatic rings. The highest BCUT2D eigenvalue weighted by Gasteiger charge is 2.76. The van der Waals surface area contributed by atoms with Gasteiger partial charge in [-0.1, -0.05) is 44.6 Å². The molecule has 8 heteroatoms. The molecule has 6 saturated carbocycles. The number of esters is 1. The van der Waals surface area contributed by atoms with Crippen molar-refractivity contribution < 1.29 is 33.8 Å². The highest BCUT2D eigenvalue weighted by atomic mass is 16.6. The van der Waals surface area contributed by atoms with Crippen molar-refractivity contribution in [1.82, 2.24) is 4.90 Å². The van der Waals surface area contributed by atoms with Gasteiger partial charge in [-0.15, -0.1) is 0 Å². The number of furan rings is 1. The minimum absolute atomic E-state index is 0.0110. The number of amides is 1. The van der Waals surface area contributed by atoms with Gasteiger partial charge in [-0.05, 0) is 169 Å². The number of aliphatic hydroxyl groups is 2. The molecule has 8 bridgehead atoms. The van der Waals surface area contributed by atoms with Gasteiger partial charge in [-0.25, -0.2) is 0 Å². The average molecular weight is 766 g/mol. The second kappa shape index (κ2) is 13.1. The first kappa shape index (κ1) is 38.3. The van der Waals surface area contributed by atoms with Crippen molar-refractivity contribution in [2.24, 2.45) is 39.4 Å². The van der Waals surface area contributed by atoms with Crippen LogP contribution in [0.25, 0.3) is 0 Å². The highest BCUT2D eigenvalue weighted by Crippen LogP contribution is 2.67. The number of hydrogen-bond donors (Lipinski definition) is 2. The number of rotatable bonds is 7. The molecule has 1 aromatic heterocycles. The molecular weight excluding hydrogens is 703 g/mol. The summed E-state index contributed by atoms with van der Waals surface area (Å²) in [4.78, 5) is 45.5. The monoisotopic (exact) mass is 765 g/mol. The van der Waals surface area contributed by atoms with Crippen LogP contribution < -0.4 is 0 Å². The number of nitrogens with zero attached hydrogens (tertiary/aromatic N) is 1. The number of ether oxygens (including phenoxy) is 1. The van der Waals surface area contributed by atoms with E-state index >= 15 is 4.79 Å². The Kier molecular flexibility index (Phi) is 8.99. The van der Waals surface area contributed by atoms with Crippen LogP contribution in [0.3, 0.4) is 0 Å². The Morgan fingerprint density at radius 2 is 1.62 bits per heavy atom. The van der Waals surface area contributed by atoms with Crippen molar-refractivity contribution in [3.8, 4) is 0 Å². The molecule has 1 aliphatic heterocycles. The lowest BCUT2D eigenvalue weighted by molar-refractivity contribution is -0.181. The first-order valence-electron chi connectivity index (χ1n) is 21.8. The first-order valence-corrected chi connectivity index (χ1v) is 21.8. The topological polar surface area (TPSA) is 117 Å². The average Bonchev–Trinajstić information content (AvgIpc) is 3.85. The lowest BCUT2D eigenvalue weighted by atomic mass is 9.49. The molecule has 6 unspecified atom stereocenters. The number of carbonyl (C=O) groups excluding carboxylic acids is 3. The Morgan fingerprint density at radius 1 is 0.911 bits per heavy atom. The summed E-state index contributed by atoms with van der Waals surface area (Å²) in [5.74, 6) is 1.59. The molecule has 302 valence electrons. The molecule has 1 saturated heterocycles. The minimum Gasteiger partial charge on any atom is -0.461 e. The lowest BCUT2D eigenvalue weighted by Crippen LogP contribution is -2.63. The number of carbonyl (C=O) groups is 3. The van der Waals surface area contributed by atoms with E-state index in [0.717, 1.165) is 43.2 Å². The molecule has 7 fully saturated rings. The quantitative estimate of drug-likeness (QED) is 0.165. The normalized spacial score (nSPS) is 40.9. The third-order valence-corrected chi connectivity index (χ3v) is 17.5. The minimum atomic E-state index is -1.28. The highest BCUT2D eigenvalue weighted by molar-refractivity contribution is 6.08. The standard InChI is InChI=1S/C48H63NO7/c1-30-8-6-15-44(4)38(36-13-11-31(23-35(50)12-10-30)24-37(36)40(51)39-9-7-19-55-39)14-16-47(44,54)29-49(28-46-25-32-20-33(26-46)22-34(21-32)27-46)41(52)48-18-17-45(5,42(53)56-48)43(48,2)3/h7-9,11,13,19,24,32-35,38,50,54H,6,10,12,14-18,20-23,25-29H2,1-5H3. The third kappa shape index (κ3) is 5.68. The smallest absolute Gasteiger partial charge is 0.313 e. The maximum absolute atomic E-state index is 15.6. The molecule has 6 atom stereocenters. The van der Waals surface area contributed by atoms with Crippen molar-refractivity contribution in [2.45, 2.75) is 154 Å². The third-order valence-electron chi connectivity index (χ3n) is 17.5. The van der Waals surface area contributed by atoms with Crippen LogP contribution in [0, 0.1) is 39.4 Å². The van der Waals surface area contributed by atoms with Crippen LogP contribution in [0.1, 0.15) is 158 Å². The lowest BCUT2D eigenvalue weighted by Gasteiger charge is -2.58. The number of aliphatic hydroxyl groups excluding tert-OH is 1. The number of hydrogen-bond acceptors (Lipinski definition) is 7. The first-order chi connectivity index (χ1) is 26.5. The summed E-state index contributed by atoms with van der Waals surface area (Å²) < 4.78 is 12.0. The Bertz CT molecular complexity index is 1910. The molecule has 0 radical (unpaired) electrons. The van der Waals surface area contributed by atoms with E-state index in [1.54, 1.807) is 12.1 Å². The molecule has 0 spiro atoms. The zero-order chi connectivity index (χ0) is 39.5. The molecule has 8 nitrogen and oxygen atoms in total. The fraction of sp³-hybridized carbons (Fsp3) is 0.688. The van der Waals surface area contributed by atoms with Gasteiger partial charge >= 0.3 is 5.97 Å². The molecule has 8 aliphatic carbocycles. The summed E-state index contributed by atoms with van der Waals surface area (Å²) in [5, 5.41) is 24.5. The molecule has 1 amide bonds. The van der Waals surface area contributed by atoms with Gasteiger partial charge in [-0.3, -0.25) is 14.4 Å². The van der Waals surface area contributed by atoms with Crippen molar-refractivity contribution in [2.75, 3.05) is 13.1 Å². The Hall–Kier alpha value is -3.23. The summed E-state index contributed by atoms with van der Waals surface area (Å²) in [7, 11) is 0. The van der Waals surface area contributed by atoms with Crippen LogP contribution in [-0.2, 0) is 20.7 Å². The van der Waals surface area contributed by atoms with Gasteiger partial charge in [0.2, 0.25) is 5.78 Å². The van der Waals surface area contributed by atoms with Crippen molar-refractivity contribution >= 4 is 17.7 Å². The van der Waals surface area contributed by atoms with E-state index < -0.39 is 33.6 Å². The van der Waals surface area contributed by atoms with E-state index in [-0.39, 0.29) is 41.3 Å². The van der Waals surface area contributed by atoms with Crippen LogP contribution in [0.4, 0.5) is 0 Å². The molecule has 11 rings (SSSR count). The van der Waals surface area contributed by atoms with E-state index in [4.69, 9.17) is 9.15 Å². The van der Waals surface area contributed by atoms with E-state index in [0.29, 0.717) is 74.8 Å². The fourth-order valence-electron chi connectivity index (χ4n) is 14.1. The van der Waals surface area contributed by atoms with Crippen molar-refractivity contribution in [3.05, 3.63) is 70.7 Å². The summed E-state index contributed by atoms with van der Waals surface area (Å²) in [6.45, 7) is 11.1. The largest absolute Gasteiger partial charge is 0.461 e. The van der Waals surface area contributed by atoms with Crippen molar-refractivity contribution in [1.29, 1.82) is 0 Å². The van der Waals surface area contributed by atoms with Gasteiger partial charge in [0.25, 0.3) is 5.91 Å². The van der Waals surface area contributed by atoms with Crippen LogP contribution >= 0.6 is 0 Å². The fourth-order valence-corrected chi connectivity index (χ4v) is 14.1. The van der Waals surface area contributed by atoms with Crippen LogP contribution in [0.2, 0.25) is 0 Å². The van der Waals surface area contributed by atoms with Crippen molar-refractivity contribution in [3.63, 3.8) is 0 Å². The molecule has 1 aromatic carbocycles. The predicted octanol–water partition coefficient (Wildman–Crippen LogP) is 8.72. The van der Waals surface area contributed by atoms with Gasteiger partial charge in [0.15, 0.2) is 11.4 Å². The molecule has 2 aromatic rings. The van der Waals surface area contributed by atoms with E-state index in [1.807, 2.05) is 37.8 Å². The van der Waals surface area contributed by atoms with E-state index in [1.165, 1.54) is 31.1 Å². The van der Waals surface area contributed by atoms with Crippen LogP contribution in [0.5, 0.6) is 0 Å². The summed E-state index contributed by atoms with van der Waals surface area (Å²) in [5.41, 5.74) is -1.11. The second-order valence-corrected chi connectivity index (χ2v) is 21.0. The molecular formula is C48H63NO7. The summed E-state index contributed by atoms with van der Waals surface area (Å²) in [6.07, 6.45) is 16.0. The summed E-state index contributed by atoms with van der Waals surface area (Å²) in [6, 6.07) is 9.45. The maximum Gasteiger partial charge on any atom is 0.313 e. The van der Waals surface area contributed by atoms with E-state index in [9.17, 15) is 19.8 Å². The Balaban J connectivity index is 1.13. The number of fused-ring (bicyclic) bond motifs is 10. The second-order valence-electron chi connectivity index (χ2n) is 21.0. The van der Waals surface area contributed by atoms with Gasteiger partial charge in [-0.2, -0.15) is 0 Å². The van der Waals surface area contributed by atoms with Crippen LogP contribution in [-0.4, -0.2) is 63.2 Å². The predicted molar refractivity (Wildman–Crippen MR) is 213 cm³/mol. The number of allylic oxidation sites excluding steroid dienone is 2. The number of benzene rings is 1.